The Labute approximate surface area is 214 Å². The molecule has 0 amide bonds. The topological polar surface area (TPSA) is 50.4 Å². The highest BCUT2D eigenvalue weighted by atomic mass is 16.7. The number of hydrogen-bond donors (Lipinski definition) is 1. The van der Waals surface area contributed by atoms with Crippen LogP contribution in [-0.4, -0.2) is 46.8 Å². The molecule has 5 nitrogen and oxygen atoms in total. The van der Waals surface area contributed by atoms with Gasteiger partial charge in [0.15, 0.2) is 0 Å². The third kappa shape index (κ3) is 3.88. The van der Waals surface area contributed by atoms with Crippen LogP contribution >= 0.6 is 0 Å². The van der Waals surface area contributed by atoms with E-state index < -0.39 is 0 Å². The highest BCUT2D eigenvalue weighted by molar-refractivity contribution is 6.65. The number of nitrogens with one attached hydrogen (secondary N) is 1. The second-order valence-electron chi connectivity index (χ2n) is 11.2. The molecule has 4 aromatic rings. The van der Waals surface area contributed by atoms with Crippen molar-refractivity contribution in [3.63, 3.8) is 0 Å². The molecule has 3 heterocycles. The Bertz CT molecular complexity index is 1390. The predicted molar refractivity (Wildman–Crippen MR) is 147 cm³/mol. The van der Waals surface area contributed by atoms with Gasteiger partial charge in [-0.2, -0.15) is 0 Å². The average molecular weight is 479 g/mol. The van der Waals surface area contributed by atoms with Crippen molar-refractivity contribution in [2.45, 2.75) is 57.8 Å². The molecule has 0 spiro atoms. The first-order valence-electron chi connectivity index (χ1n) is 13.0. The Morgan fingerprint density at radius 2 is 1.56 bits per heavy atom. The quantitative estimate of drug-likeness (QED) is 0.367. The number of aromatic amines is 1. The van der Waals surface area contributed by atoms with E-state index in [2.05, 4.69) is 105 Å². The molecule has 36 heavy (non-hydrogen) atoms. The number of fused-ring (bicyclic) bond motifs is 1. The number of aromatic nitrogens is 2. The van der Waals surface area contributed by atoms with Gasteiger partial charge in [0.25, 0.3) is 0 Å². The molecular weight excluding hydrogens is 445 g/mol. The van der Waals surface area contributed by atoms with Gasteiger partial charge in [-0.1, -0.05) is 60.7 Å². The maximum absolute atomic E-state index is 6.38. The predicted octanol–water partition coefficient (Wildman–Crippen LogP) is 5.96. The van der Waals surface area contributed by atoms with Gasteiger partial charge < -0.3 is 14.3 Å². The molecule has 1 N–H and O–H groups in total. The summed E-state index contributed by atoms with van der Waals surface area (Å²) in [6.07, 6.45) is 4.36. The molecular formula is C30H34BN3O2. The molecule has 3 aromatic carbocycles. The Balaban J connectivity index is 1.31. The molecule has 184 valence electrons. The Kier molecular flexibility index (Phi) is 5.60. The van der Waals surface area contributed by atoms with Gasteiger partial charge in [-0.15, -0.1) is 0 Å². The highest BCUT2D eigenvalue weighted by Crippen LogP contribution is 2.38. The van der Waals surface area contributed by atoms with E-state index in [0.717, 1.165) is 40.9 Å². The number of benzene rings is 3. The first kappa shape index (κ1) is 23.5. The van der Waals surface area contributed by atoms with Crippen molar-refractivity contribution < 1.29 is 9.31 Å². The van der Waals surface area contributed by atoms with Crippen LogP contribution in [0.25, 0.3) is 33.2 Å². The van der Waals surface area contributed by atoms with Crippen LogP contribution in [0.2, 0.25) is 0 Å². The van der Waals surface area contributed by atoms with Crippen molar-refractivity contribution in [1.29, 1.82) is 0 Å². The van der Waals surface area contributed by atoms with Gasteiger partial charge in [0.2, 0.25) is 0 Å². The summed E-state index contributed by atoms with van der Waals surface area (Å²) in [4.78, 5) is 10.6. The summed E-state index contributed by atoms with van der Waals surface area (Å²) in [5.74, 6) is 1.07. The van der Waals surface area contributed by atoms with Crippen LogP contribution in [0.1, 0.15) is 52.4 Å². The van der Waals surface area contributed by atoms with Crippen molar-refractivity contribution in [2.75, 3.05) is 13.6 Å². The van der Waals surface area contributed by atoms with Crippen LogP contribution in [0.5, 0.6) is 0 Å². The lowest BCUT2D eigenvalue weighted by molar-refractivity contribution is 0.00578. The molecule has 0 bridgehead atoms. The van der Waals surface area contributed by atoms with Gasteiger partial charge in [-0.3, -0.25) is 4.90 Å². The lowest BCUT2D eigenvalue weighted by Gasteiger charge is -2.32. The Hall–Kier alpha value is -2.93. The molecule has 2 aliphatic rings. The lowest BCUT2D eigenvalue weighted by atomic mass is 9.75. The van der Waals surface area contributed by atoms with Gasteiger partial charge >= 0.3 is 7.12 Å². The first-order valence-corrected chi connectivity index (χ1v) is 13.0. The summed E-state index contributed by atoms with van der Waals surface area (Å²) in [5.41, 5.74) is 4.95. The smallest absolute Gasteiger partial charge is 0.399 e. The van der Waals surface area contributed by atoms with Crippen LogP contribution in [0, 0.1) is 0 Å². The summed E-state index contributed by atoms with van der Waals surface area (Å²) in [5, 5.41) is 2.36. The molecule has 1 aromatic heterocycles. The van der Waals surface area contributed by atoms with Gasteiger partial charge in [-0.05, 0) is 87.1 Å². The zero-order valence-corrected chi connectivity index (χ0v) is 21.8. The van der Waals surface area contributed by atoms with Crippen LogP contribution < -0.4 is 5.46 Å². The summed E-state index contributed by atoms with van der Waals surface area (Å²) >= 11 is 0. The van der Waals surface area contributed by atoms with Crippen LogP contribution in [0.15, 0.2) is 66.9 Å². The second-order valence-corrected chi connectivity index (χ2v) is 11.2. The van der Waals surface area contributed by atoms with Gasteiger partial charge in [0.1, 0.15) is 5.82 Å². The Morgan fingerprint density at radius 3 is 2.25 bits per heavy atom. The molecule has 1 atom stereocenters. The van der Waals surface area contributed by atoms with Gasteiger partial charge in [-0.25, -0.2) is 4.98 Å². The summed E-state index contributed by atoms with van der Waals surface area (Å²) < 4.78 is 12.8. The van der Waals surface area contributed by atoms with E-state index in [1.165, 1.54) is 22.9 Å². The molecule has 6 rings (SSSR count). The molecule has 2 aliphatic heterocycles. The van der Waals surface area contributed by atoms with Crippen LogP contribution in [0.3, 0.4) is 0 Å². The monoisotopic (exact) mass is 479 g/mol. The first-order chi connectivity index (χ1) is 17.2. The SMILES string of the molecule is CN1CCC[C@H]1c1ncc(-c2ccc(-c3cccc4c(B5OC(C)(C)C(C)(C)O5)cccc34)cc2)[nH]1. The summed E-state index contributed by atoms with van der Waals surface area (Å²) in [7, 11) is 1.79. The minimum atomic E-state index is -0.384. The summed E-state index contributed by atoms with van der Waals surface area (Å²) in [6.45, 7) is 9.52. The van der Waals surface area contributed by atoms with Crippen LogP contribution in [0.4, 0.5) is 0 Å². The van der Waals surface area contributed by atoms with Gasteiger partial charge in [0.05, 0.1) is 29.1 Å². The molecule has 0 aliphatic carbocycles. The molecule has 0 unspecified atom stereocenters. The number of nitrogens with zero attached hydrogens (tertiary/aromatic N) is 2. The number of imidazole rings is 1. The van der Waals surface area contributed by atoms with Crippen molar-refractivity contribution in [1.82, 2.24) is 14.9 Å². The number of H-pyrrole nitrogens is 1. The molecule has 2 fully saturated rings. The van der Waals surface area contributed by atoms with E-state index in [-0.39, 0.29) is 18.3 Å². The van der Waals surface area contributed by atoms with Crippen molar-refractivity contribution in [3.8, 4) is 22.4 Å². The van der Waals surface area contributed by atoms with Crippen molar-refractivity contribution in [2.24, 2.45) is 0 Å². The van der Waals surface area contributed by atoms with Crippen molar-refractivity contribution >= 4 is 23.4 Å². The third-order valence-electron chi connectivity index (χ3n) is 8.40. The molecule has 0 radical (unpaired) electrons. The second kappa shape index (κ2) is 8.58. The van der Waals surface area contributed by atoms with E-state index in [0.29, 0.717) is 6.04 Å². The number of hydrogen-bond acceptors (Lipinski definition) is 4. The molecule has 2 saturated heterocycles. The fourth-order valence-corrected chi connectivity index (χ4v) is 5.50. The maximum Gasteiger partial charge on any atom is 0.495 e. The van der Waals surface area contributed by atoms with E-state index in [4.69, 9.17) is 14.3 Å². The minimum Gasteiger partial charge on any atom is -0.399 e. The number of rotatable bonds is 4. The standard InChI is InChI=1S/C30H34BN3O2/c1-29(2)30(3,4)36-31(35-29)25-12-7-10-23-22(9-6-11-24(23)25)20-14-16-21(17-15-20)26-19-32-28(33-26)27-13-8-18-34(27)5/h6-7,9-12,14-17,19,27H,8,13,18H2,1-5H3,(H,32,33)/t27-/m0/s1. The molecule has 6 heteroatoms. The Morgan fingerprint density at radius 1 is 0.889 bits per heavy atom. The summed E-state index contributed by atoms with van der Waals surface area (Å²) in [6, 6.07) is 22.1. The van der Waals surface area contributed by atoms with E-state index in [9.17, 15) is 0 Å². The van der Waals surface area contributed by atoms with Gasteiger partial charge in [0, 0.05) is 0 Å². The largest absolute Gasteiger partial charge is 0.495 e. The highest BCUT2D eigenvalue weighted by Gasteiger charge is 2.52. The normalized spacial score (nSPS) is 21.5. The minimum absolute atomic E-state index is 0.368. The van der Waals surface area contributed by atoms with E-state index in [1.807, 2.05) is 6.20 Å². The van der Waals surface area contributed by atoms with Crippen LogP contribution in [-0.2, 0) is 9.31 Å². The maximum atomic E-state index is 6.38. The van der Waals surface area contributed by atoms with E-state index in [1.54, 1.807) is 0 Å². The van der Waals surface area contributed by atoms with E-state index >= 15 is 0 Å². The van der Waals surface area contributed by atoms with Crippen molar-refractivity contribution in [3.05, 3.63) is 72.7 Å². The number of likely N-dealkylation sites (tertiary alicyclic amines) is 1. The zero-order valence-electron chi connectivity index (χ0n) is 21.8. The molecule has 0 saturated carbocycles. The average Bonchev–Trinajstić information content (AvgIpc) is 3.56. The lowest BCUT2D eigenvalue weighted by Crippen LogP contribution is -2.41. The fraction of sp³-hybridized carbons (Fsp3) is 0.367. The zero-order chi connectivity index (χ0) is 25.1. The third-order valence-corrected chi connectivity index (χ3v) is 8.40. The fourth-order valence-electron chi connectivity index (χ4n) is 5.50.